The number of pyridine rings is 1. The van der Waals surface area contributed by atoms with Crippen LogP contribution in [0.5, 0.6) is 0 Å². The number of aromatic nitrogens is 2. The van der Waals surface area contributed by atoms with Gasteiger partial charge in [0.2, 0.25) is 5.69 Å². The zero-order valence-corrected chi connectivity index (χ0v) is 8.42. The molecule has 0 aliphatic rings. The van der Waals surface area contributed by atoms with Crippen molar-refractivity contribution < 1.29 is 9.25 Å². The summed E-state index contributed by atoms with van der Waals surface area (Å²) in [6, 6.07) is 0. The molecule has 0 aliphatic carbocycles. The van der Waals surface area contributed by atoms with Gasteiger partial charge in [-0.15, -0.1) is 4.73 Å². The first-order valence-electron chi connectivity index (χ1n) is 3.97. The number of anilines is 1. The summed E-state index contributed by atoms with van der Waals surface area (Å²) in [4.78, 5) is 0. The quantitative estimate of drug-likeness (QED) is 0.529. The van der Waals surface area contributed by atoms with Crippen LogP contribution in [0.1, 0.15) is 11.3 Å². The highest BCUT2D eigenvalue weighted by atomic mass is 35.5. The van der Waals surface area contributed by atoms with Gasteiger partial charge >= 0.3 is 5.71 Å². The van der Waals surface area contributed by atoms with Crippen molar-refractivity contribution in [2.75, 3.05) is 5.73 Å². The van der Waals surface area contributed by atoms with Crippen molar-refractivity contribution in [3.05, 3.63) is 21.5 Å². The molecule has 2 rings (SSSR count). The van der Waals surface area contributed by atoms with Gasteiger partial charge in [0.25, 0.3) is 0 Å². The number of fused-ring (bicyclic) bond motifs is 1. The number of halogens is 1. The number of nitrogens with two attached hydrogens (primary N) is 1. The maximum Gasteiger partial charge on any atom is 0.417 e. The van der Waals surface area contributed by atoms with Gasteiger partial charge in [-0.2, -0.15) is 0 Å². The molecule has 0 saturated carbocycles. The van der Waals surface area contributed by atoms with Crippen LogP contribution in [0.2, 0.25) is 5.02 Å². The molecular weight excluding hydrogens is 206 g/mol. The second-order valence-corrected chi connectivity index (χ2v) is 3.44. The Hall–Kier alpha value is -1.49. The Morgan fingerprint density at radius 2 is 2.14 bits per heavy atom. The van der Waals surface area contributed by atoms with Crippen LogP contribution in [0, 0.1) is 19.1 Å². The molecule has 0 spiro atoms. The van der Waals surface area contributed by atoms with Crippen molar-refractivity contribution in [2.24, 2.45) is 0 Å². The molecule has 0 aliphatic heterocycles. The van der Waals surface area contributed by atoms with Crippen LogP contribution in [0.15, 0.2) is 4.52 Å². The molecule has 0 atom stereocenters. The standard InChI is InChI=1S/C8H8ClN3O2/c1-3-5-7(10)11-14-8(5)12(13)4(2)6(3)9/h1-2H3,(H2,10,11). The molecule has 2 aromatic rings. The second-order valence-electron chi connectivity index (χ2n) is 3.07. The Morgan fingerprint density at radius 1 is 1.50 bits per heavy atom. The lowest BCUT2D eigenvalue weighted by molar-refractivity contribution is -0.592. The maximum absolute atomic E-state index is 11.6. The summed E-state index contributed by atoms with van der Waals surface area (Å²) in [6.07, 6.45) is 0. The Balaban J connectivity index is 3.05. The van der Waals surface area contributed by atoms with E-state index < -0.39 is 0 Å². The molecule has 0 saturated heterocycles. The lowest BCUT2D eigenvalue weighted by Gasteiger charge is -2.04. The monoisotopic (exact) mass is 213 g/mol. The summed E-state index contributed by atoms with van der Waals surface area (Å²) in [5.74, 6) is 0.184. The SMILES string of the molecule is Cc1c(Cl)c(C)[n+]([O-])c2onc(N)c12. The summed E-state index contributed by atoms with van der Waals surface area (Å²) >= 11 is 5.94. The van der Waals surface area contributed by atoms with Gasteiger partial charge in [0.1, 0.15) is 10.4 Å². The molecule has 2 aromatic heterocycles. The van der Waals surface area contributed by atoms with E-state index in [9.17, 15) is 5.21 Å². The van der Waals surface area contributed by atoms with Crippen molar-refractivity contribution in [3.8, 4) is 0 Å². The smallest absolute Gasteiger partial charge is 0.417 e. The number of nitrogen functional groups attached to an aromatic ring is 1. The fourth-order valence-corrected chi connectivity index (χ4v) is 1.58. The Kier molecular flexibility index (Phi) is 1.78. The zero-order valence-electron chi connectivity index (χ0n) is 7.67. The number of nitrogens with zero attached hydrogens (tertiary/aromatic N) is 2. The first kappa shape index (κ1) is 9.08. The van der Waals surface area contributed by atoms with E-state index in [1.165, 1.54) is 0 Å². The van der Waals surface area contributed by atoms with Crippen molar-refractivity contribution in [2.45, 2.75) is 13.8 Å². The average molecular weight is 214 g/mol. The summed E-state index contributed by atoms with van der Waals surface area (Å²) < 4.78 is 5.40. The third-order valence-corrected chi connectivity index (χ3v) is 2.77. The van der Waals surface area contributed by atoms with Crippen LogP contribution < -0.4 is 10.5 Å². The summed E-state index contributed by atoms with van der Waals surface area (Å²) in [6.45, 7) is 3.38. The van der Waals surface area contributed by atoms with Gasteiger partial charge in [-0.05, 0) is 12.5 Å². The van der Waals surface area contributed by atoms with Crippen LogP contribution in [0.3, 0.4) is 0 Å². The summed E-state index contributed by atoms with van der Waals surface area (Å²) in [7, 11) is 0. The fourth-order valence-electron chi connectivity index (χ4n) is 1.41. The molecule has 0 amide bonds. The van der Waals surface area contributed by atoms with Crippen molar-refractivity contribution in [1.82, 2.24) is 5.16 Å². The van der Waals surface area contributed by atoms with Crippen molar-refractivity contribution in [1.29, 1.82) is 0 Å². The molecule has 0 unspecified atom stereocenters. The number of aryl methyl sites for hydroxylation is 1. The Morgan fingerprint density at radius 3 is 2.79 bits per heavy atom. The minimum absolute atomic E-state index is 0.0990. The zero-order chi connectivity index (χ0) is 10.5. The van der Waals surface area contributed by atoms with Crippen molar-refractivity contribution >= 4 is 28.5 Å². The molecule has 0 aromatic carbocycles. The molecule has 0 bridgehead atoms. The lowest BCUT2D eigenvalue weighted by Crippen LogP contribution is -2.31. The topological polar surface area (TPSA) is 79.0 Å². The van der Waals surface area contributed by atoms with Crippen molar-refractivity contribution in [3.63, 3.8) is 0 Å². The van der Waals surface area contributed by atoms with Gasteiger partial charge in [-0.25, -0.2) is 0 Å². The van der Waals surface area contributed by atoms with E-state index in [0.717, 1.165) is 0 Å². The van der Waals surface area contributed by atoms with E-state index in [1.54, 1.807) is 13.8 Å². The van der Waals surface area contributed by atoms with Gasteiger partial charge in [0, 0.05) is 6.92 Å². The Labute approximate surface area is 84.6 Å². The number of hydrogen-bond acceptors (Lipinski definition) is 4. The minimum atomic E-state index is 0.0990. The fraction of sp³-hybridized carbons (Fsp3) is 0.250. The van der Waals surface area contributed by atoms with Gasteiger partial charge in [0.05, 0.1) is 0 Å². The first-order chi connectivity index (χ1) is 6.54. The number of rotatable bonds is 0. The van der Waals surface area contributed by atoms with Crippen LogP contribution in [0.25, 0.3) is 11.1 Å². The van der Waals surface area contributed by atoms with Crippen LogP contribution in [-0.4, -0.2) is 5.16 Å². The molecule has 74 valence electrons. The van der Waals surface area contributed by atoms with Gasteiger partial charge in [0.15, 0.2) is 5.82 Å². The molecular formula is C8H8ClN3O2. The third-order valence-electron chi connectivity index (χ3n) is 2.21. The van der Waals surface area contributed by atoms with Crippen LogP contribution >= 0.6 is 11.6 Å². The largest absolute Gasteiger partial charge is 0.616 e. The van der Waals surface area contributed by atoms with Gasteiger partial charge in [-0.3, -0.25) is 4.52 Å². The molecule has 2 heterocycles. The predicted octanol–water partition coefficient (Wildman–Crippen LogP) is 1.31. The molecule has 5 nitrogen and oxygen atoms in total. The highest BCUT2D eigenvalue weighted by Gasteiger charge is 2.22. The molecule has 6 heteroatoms. The van der Waals surface area contributed by atoms with E-state index in [-0.39, 0.29) is 11.5 Å². The normalized spacial score (nSPS) is 11.1. The summed E-state index contributed by atoms with van der Waals surface area (Å²) in [5, 5.41) is 16.0. The summed E-state index contributed by atoms with van der Waals surface area (Å²) in [5.41, 5.74) is 6.74. The van der Waals surface area contributed by atoms with Gasteiger partial charge in [-0.1, -0.05) is 16.8 Å². The maximum atomic E-state index is 11.6. The predicted molar refractivity (Wildman–Crippen MR) is 51.9 cm³/mol. The average Bonchev–Trinajstić information content (AvgIpc) is 2.54. The van der Waals surface area contributed by atoms with E-state index in [4.69, 9.17) is 21.9 Å². The Bertz CT molecular complexity index is 521. The van der Waals surface area contributed by atoms with E-state index in [0.29, 0.717) is 26.4 Å². The first-order valence-corrected chi connectivity index (χ1v) is 4.35. The third kappa shape index (κ3) is 0.957. The van der Waals surface area contributed by atoms with Crippen LogP contribution in [-0.2, 0) is 0 Å². The van der Waals surface area contributed by atoms with Crippen LogP contribution in [0.4, 0.5) is 5.82 Å². The molecule has 0 radical (unpaired) electrons. The highest BCUT2D eigenvalue weighted by Crippen LogP contribution is 2.28. The molecule has 0 fully saturated rings. The number of hydrogen-bond donors (Lipinski definition) is 1. The van der Waals surface area contributed by atoms with E-state index in [2.05, 4.69) is 5.16 Å². The highest BCUT2D eigenvalue weighted by molar-refractivity contribution is 6.32. The van der Waals surface area contributed by atoms with Gasteiger partial charge < -0.3 is 10.9 Å². The minimum Gasteiger partial charge on any atom is -0.616 e. The second kappa shape index (κ2) is 2.75. The lowest BCUT2D eigenvalue weighted by atomic mass is 10.2. The van der Waals surface area contributed by atoms with E-state index >= 15 is 0 Å². The molecule has 2 N–H and O–H groups in total. The molecule has 14 heavy (non-hydrogen) atoms. The van der Waals surface area contributed by atoms with E-state index in [1.807, 2.05) is 0 Å².